The van der Waals surface area contributed by atoms with E-state index in [0.29, 0.717) is 16.4 Å². The van der Waals surface area contributed by atoms with E-state index in [9.17, 15) is 4.39 Å². The van der Waals surface area contributed by atoms with E-state index in [1.165, 1.54) is 12.1 Å². The van der Waals surface area contributed by atoms with Crippen LogP contribution in [0.3, 0.4) is 0 Å². The number of nitrogens with zero attached hydrogens (tertiary/aromatic N) is 2. The number of benzene rings is 1. The summed E-state index contributed by atoms with van der Waals surface area (Å²) in [6.45, 7) is 1.94. The first kappa shape index (κ1) is 12.0. The van der Waals surface area contributed by atoms with Gasteiger partial charge in [0.1, 0.15) is 5.82 Å². The lowest BCUT2D eigenvalue weighted by Crippen LogP contribution is -1.94. The van der Waals surface area contributed by atoms with Gasteiger partial charge in [-0.05, 0) is 37.3 Å². The predicted molar refractivity (Wildman–Crippen MR) is 74.7 cm³/mol. The van der Waals surface area contributed by atoms with E-state index >= 15 is 0 Å². The zero-order chi connectivity index (χ0) is 13.6. The van der Waals surface area contributed by atoms with Crippen LogP contribution in [0.15, 0.2) is 36.5 Å². The summed E-state index contributed by atoms with van der Waals surface area (Å²) in [5, 5.41) is 0.475. The summed E-state index contributed by atoms with van der Waals surface area (Å²) in [5.74, 6) is -0.271. The third-order valence-corrected chi connectivity index (χ3v) is 3.47. The second-order valence-electron chi connectivity index (χ2n) is 4.32. The summed E-state index contributed by atoms with van der Waals surface area (Å²) in [4.78, 5) is 4.50. The van der Waals surface area contributed by atoms with Gasteiger partial charge in [-0.15, -0.1) is 0 Å². The van der Waals surface area contributed by atoms with E-state index in [4.69, 9.17) is 17.3 Å². The lowest BCUT2D eigenvalue weighted by molar-refractivity contribution is 0.628. The van der Waals surface area contributed by atoms with Crippen LogP contribution in [-0.4, -0.2) is 9.38 Å². The number of aromatic nitrogens is 2. The topological polar surface area (TPSA) is 43.3 Å². The van der Waals surface area contributed by atoms with Crippen molar-refractivity contribution in [3.8, 4) is 11.3 Å². The van der Waals surface area contributed by atoms with Gasteiger partial charge in [0.05, 0.1) is 16.4 Å². The Morgan fingerprint density at radius 2 is 1.89 bits per heavy atom. The molecule has 2 N–H and O–H groups in total. The minimum Gasteiger partial charge on any atom is -0.394 e. The average Bonchev–Trinajstić information content (AvgIpc) is 2.73. The number of halogens is 2. The number of pyridine rings is 1. The second kappa shape index (κ2) is 4.24. The van der Waals surface area contributed by atoms with Crippen molar-refractivity contribution in [3.63, 3.8) is 0 Å². The van der Waals surface area contributed by atoms with Gasteiger partial charge < -0.3 is 10.1 Å². The molecular weight excluding hydrogens is 265 g/mol. The number of nitrogen functional groups attached to an aromatic ring is 1. The molecular formula is C14H11ClFN3. The van der Waals surface area contributed by atoms with Gasteiger partial charge >= 0.3 is 0 Å². The Balaban J connectivity index is 2.28. The molecule has 0 amide bonds. The quantitative estimate of drug-likeness (QED) is 0.736. The Morgan fingerprint density at radius 3 is 2.58 bits per heavy atom. The molecule has 5 heteroatoms. The molecule has 0 bridgehead atoms. The lowest BCUT2D eigenvalue weighted by Gasteiger charge is -2.01. The van der Waals surface area contributed by atoms with Crippen LogP contribution in [0, 0.1) is 12.7 Å². The summed E-state index contributed by atoms with van der Waals surface area (Å²) in [5.41, 5.74) is 9.54. The highest BCUT2D eigenvalue weighted by Gasteiger charge is 2.13. The largest absolute Gasteiger partial charge is 0.394 e. The van der Waals surface area contributed by atoms with Crippen molar-refractivity contribution in [1.82, 2.24) is 9.38 Å². The highest BCUT2D eigenvalue weighted by Crippen LogP contribution is 2.29. The molecule has 3 aromatic rings. The first-order chi connectivity index (χ1) is 9.08. The molecule has 0 atom stereocenters. The normalized spacial score (nSPS) is 11.1. The van der Waals surface area contributed by atoms with Crippen molar-refractivity contribution in [1.29, 1.82) is 0 Å². The Morgan fingerprint density at radius 1 is 1.21 bits per heavy atom. The Kier molecular flexibility index (Phi) is 2.68. The summed E-state index contributed by atoms with van der Waals surface area (Å²) in [6, 6.07) is 7.95. The number of fused-ring (bicyclic) bond motifs is 1. The molecule has 0 radical (unpaired) electrons. The maximum atomic E-state index is 13.0. The molecule has 2 aromatic heterocycles. The molecule has 1 aromatic carbocycles. The molecule has 0 spiro atoms. The van der Waals surface area contributed by atoms with E-state index in [1.807, 2.05) is 17.5 Å². The number of anilines is 1. The van der Waals surface area contributed by atoms with Gasteiger partial charge in [-0.25, -0.2) is 9.37 Å². The van der Waals surface area contributed by atoms with Crippen molar-refractivity contribution in [2.45, 2.75) is 6.92 Å². The number of rotatable bonds is 1. The molecule has 0 aliphatic heterocycles. The van der Waals surface area contributed by atoms with Gasteiger partial charge in [-0.1, -0.05) is 11.6 Å². The molecule has 0 unspecified atom stereocenters. The van der Waals surface area contributed by atoms with Crippen LogP contribution in [0.2, 0.25) is 5.02 Å². The Bertz CT molecular complexity index is 762. The van der Waals surface area contributed by atoms with E-state index in [2.05, 4.69) is 4.98 Å². The molecule has 2 heterocycles. The van der Waals surface area contributed by atoms with Crippen LogP contribution >= 0.6 is 11.6 Å². The van der Waals surface area contributed by atoms with Crippen molar-refractivity contribution >= 4 is 22.9 Å². The highest BCUT2D eigenvalue weighted by molar-refractivity contribution is 6.33. The van der Waals surface area contributed by atoms with E-state index in [-0.39, 0.29) is 5.82 Å². The van der Waals surface area contributed by atoms with Crippen LogP contribution < -0.4 is 5.73 Å². The fourth-order valence-corrected chi connectivity index (χ4v) is 2.24. The van der Waals surface area contributed by atoms with Crippen molar-refractivity contribution in [2.75, 3.05) is 5.73 Å². The van der Waals surface area contributed by atoms with Gasteiger partial charge in [0.2, 0.25) is 0 Å². The van der Waals surface area contributed by atoms with Gasteiger partial charge in [0.25, 0.3) is 0 Å². The zero-order valence-electron chi connectivity index (χ0n) is 10.2. The molecule has 0 fully saturated rings. The molecule has 0 saturated carbocycles. The maximum Gasteiger partial charge on any atom is 0.162 e. The van der Waals surface area contributed by atoms with Crippen molar-refractivity contribution < 1.29 is 4.39 Å². The predicted octanol–water partition coefficient (Wildman–Crippen LogP) is 3.68. The van der Waals surface area contributed by atoms with E-state index < -0.39 is 0 Å². The van der Waals surface area contributed by atoms with Gasteiger partial charge in [-0.3, -0.25) is 0 Å². The van der Waals surface area contributed by atoms with E-state index in [0.717, 1.165) is 17.0 Å². The van der Waals surface area contributed by atoms with Crippen LogP contribution in [0.5, 0.6) is 0 Å². The number of nitrogens with two attached hydrogens (primary N) is 1. The molecule has 3 rings (SSSR count). The van der Waals surface area contributed by atoms with Gasteiger partial charge in [-0.2, -0.15) is 0 Å². The Labute approximate surface area is 114 Å². The smallest absolute Gasteiger partial charge is 0.162 e. The number of hydrogen-bond donors (Lipinski definition) is 1. The van der Waals surface area contributed by atoms with E-state index in [1.54, 1.807) is 18.2 Å². The minimum atomic E-state index is -0.271. The molecule has 96 valence electrons. The third kappa shape index (κ3) is 1.85. The average molecular weight is 276 g/mol. The zero-order valence-corrected chi connectivity index (χ0v) is 10.9. The fraction of sp³-hybridized carbons (Fsp3) is 0.0714. The summed E-state index contributed by atoms with van der Waals surface area (Å²) in [6.07, 6.45) is 1.82. The monoisotopic (exact) mass is 275 g/mol. The van der Waals surface area contributed by atoms with Crippen LogP contribution in [0.4, 0.5) is 10.1 Å². The third-order valence-electron chi connectivity index (χ3n) is 3.14. The lowest BCUT2D eigenvalue weighted by atomic mass is 10.1. The van der Waals surface area contributed by atoms with Crippen molar-refractivity contribution in [2.24, 2.45) is 0 Å². The number of hydrogen-bond acceptors (Lipinski definition) is 2. The Hall–Kier alpha value is -2.07. The van der Waals surface area contributed by atoms with Crippen LogP contribution in [-0.2, 0) is 0 Å². The van der Waals surface area contributed by atoms with Crippen LogP contribution in [0.25, 0.3) is 16.9 Å². The summed E-state index contributed by atoms with van der Waals surface area (Å²) in [7, 11) is 0. The van der Waals surface area contributed by atoms with Gasteiger partial charge in [0, 0.05) is 17.5 Å². The molecule has 0 aliphatic carbocycles. The molecule has 0 aliphatic rings. The van der Waals surface area contributed by atoms with Gasteiger partial charge in [0.15, 0.2) is 5.65 Å². The maximum absolute atomic E-state index is 13.0. The fourth-order valence-electron chi connectivity index (χ4n) is 2.10. The van der Waals surface area contributed by atoms with Crippen molar-refractivity contribution in [3.05, 3.63) is 53.1 Å². The first-order valence-electron chi connectivity index (χ1n) is 5.76. The highest BCUT2D eigenvalue weighted by atomic mass is 35.5. The second-order valence-corrected chi connectivity index (χ2v) is 4.73. The molecule has 0 saturated heterocycles. The number of aryl methyl sites for hydroxylation is 1. The summed E-state index contributed by atoms with van der Waals surface area (Å²) >= 11 is 5.99. The van der Waals surface area contributed by atoms with Crippen LogP contribution in [0.1, 0.15) is 5.69 Å². The summed E-state index contributed by atoms with van der Waals surface area (Å²) < 4.78 is 14.8. The molecule has 19 heavy (non-hydrogen) atoms. The first-order valence-corrected chi connectivity index (χ1v) is 6.14. The standard InChI is InChI=1S/C14H11ClFN3/c1-8-13(9-2-4-10(16)5-3-9)18-14-12(17)11(15)6-7-19(8)14/h2-7H,17H2,1H3. The number of imidazole rings is 1. The SMILES string of the molecule is Cc1c(-c2ccc(F)cc2)nc2c(N)c(Cl)ccn12. The molecule has 3 nitrogen and oxygen atoms in total. The minimum absolute atomic E-state index is 0.271.